The minimum absolute atomic E-state index is 0.00407. The summed E-state index contributed by atoms with van der Waals surface area (Å²) >= 11 is 1.30. The summed E-state index contributed by atoms with van der Waals surface area (Å²) in [6.45, 7) is 3.51. The Morgan fingerprint density at radius 2 is 2.12 bits per heavy atom. The van der Waals surface area contributed by atoms with Gasteiger partial charge in [0, 0.05) is 18.7 Å². The summed E-state index contributed by atoms with van der Waals surface area (Å²) in [5.74, 6) is -0.170. The second kappa shape index (κ2) is 7.53. The molecule has 0 bridgehead atoms. The van der Waals surface area contributed by atoms with Gasteiger partial charge in [-0.05, 0) is 43.4 Å². The Morgan fingerprint density at radius 1 is 1.33 bits per heavy atom. The fourth-order valence-electron chi connectivity index (χ4n) is 2.86. The first-order chi connectivity index (χ1) is 11.6. The van der Waals surface area contributed by atoms with Gasteiger partial charge in [0.25, 0.3) is 5.91 Å². The number of hydrogen-bond acceptors (Lipinski definition) is 5. The summed E-state index contributed by atoms with van der Waals surface area (Å²) in [4.78, 5) is 27.7. The molecular formula is C17H20N4O2S. The Morgan fingerprint density at radius 3 is 2.83 bits per heavy atom. The molecule has 3 rings (SSSR count). The number of hydrogen-bond donors (Lipinski definition) is 1. The number of rotatable bonds is 4. The standard InChI is InChI=1S/C17H20N4O2S/c1-12-15(24-20-19-12)10-18-16(22)14-8-5-9-21(11-14)17(23)13-6-3-2-4-7-13/h2-4,6-7,14H,5,8-11H2,1H3,(H,18,22). The summed E-state index contributed by atoms with van der Waals surface area (Å²) in [6, 6.07) is 9.22. The number of benzene rings is 1. The minimum Gasteiger partial charge on any atom is -0.351 e. The number of aromatic nitrogens is 2. The normalized spacial score (nSPS) is 17.5. The van der Waals surface area contributed by atoms with Crippen molar-refractivity contribution < 1.29 is 9.59 Å². The van der Waals surface area contributed by atoms with Crippen LogP contribution < -0.4 is 5.32 Å². The number of aryl methyl sites for hydroxylation is 1. The molecule has 0 saturated carbocycles. The fourth-order valence-corrected chi connectivity index (χ4v) is 3.44. The van der Waals surface area contributed by atoms with Gasteiger partial charge in [-0.25, -0.2) is 0 Å². The molecule has 24 heavy (non-hydrogen) atoms. The van der Waals surface area contributed by atoms with Crippen LogP contribution in [0.15, 0.2) is 30.3 Å². The van der Waals surface area contributed by atoms with E-state index in [0.717, 1.165) is 23.4 Å². The zero-order chi connectivity index (χ0) is 16.9. The lowest BCUT2D eigenvalue weighted by molar-refractivity contribution is -0.126. The minimum atomic E-state index is -0.160. The summed E-state index contributed by atoms with van der Waals surface area (Å²) in [7, 11) is 0. The van der Waals surface area contributed by atoms with Crippen molar-refractivity contribution in [3.05, 3.63) is 46.5 Å². The molecule has 2 amide bonds. The molecule has 1 unspecified atom stereocenters. The first kappa shape index (κ1) is 16.6. The number of carbonyl (C=O) groups is 2. The summed E-state index contributed by atoms with van der Waals surface area (Å²) < 4.78 is 3.87. The largest absolute Gasteiger partial charge is 0.351 e. The van der Waals surface area contributed by atoms with Crippen LogP contribution in [-0.4, -0.2) is 39.4 Å². The highest BCUT2D eigenvalue weighted by molar-refractivity contribution is 7.05. The van der Waals surface area contributed by atoms with Gasteiger partial charge in [0.05, 0.1) is 23.0 Å². The lowest BCUT2D eigenvalue weighted by Crippen LogP contribution is -2.45. The number of carbonyl (C=O) groups excluding carboxylic acids is 2. The molecule has 1 N–H and O–H groups in total. The van der Waals surface area contributed by atoms with Crippen LogP contribution in [0.3, 0.4) is 0 Å². The predicted molar refractivity (Wildman–Crippen MR) is 91.6 cm³/mol. The highest BCUT2D eigenvalue weighted by Gasteiger charge is 2.28. The van der Waals surface area contributed by atoms with Gasteiger partial charge in [-0.1, -0.05) is 22.7 Å². The molecule has 1 atom stereocenters. The summed E-state index contributed by atoms with van der Waals surface area (Å²) in [6.07, 6.45) is 1.65. The highest BCUT2D eigenvalue weighted by Crippen LogP contribution is 2.19. The van der Waals surface area contributed by atoms with Gasteiger partial charge < -0.3 is 10.2 Å². The Bertz CT molecular complexity index is 716. The summed E-state index contributed by atoms with van der Waals surface area (Å²) in [5.41, 5.74) is 1.52. The van der Waals surface area contributed by atoms with Gasteiger partial charge in [-0.2, -0.15) is 0 Å². The number of nitrogens with zero attached hydrogens (tertiary/aromatic N) is 3. The Balaban J connectivity index is 1.58. The third-order valence-corrected chi connectivity index (χ3v) is 5.09. The predicted octanol–water partition coefficient (Wildman–Crippen LogP) is 2.02. The van der Waals surface area contributed by atoms with Crippen molar-refractivity contribution in [3.8, 4) is 0 Å². The quantitative estimate of drug-likeness (QED) is 0.921. The van der Waals surface area contributed by atoms with E-state index in [2.05, 4.69) is 14.9 Å². The van der Waals surface area contributed by atoms with Crippen LogP contribution in [-0.2, 0) is 11.3 Å². The van der Waals surface area contributed by atoms with Gasteiger partial charge in [-0.15, -0.1) is 5.10 Å². The Labute approximate surface area is 145 Å². The van der Waals surface area contributed by atoms with Crippen LogP contribution in [0.5, 0.6) is 0 Å². The van der Waals surface area contributed by atoms with Crippen LogP contribution in [0.4, 0.5) is 0 Å². The lowest BCUT2D eigenvalue weighted by Gasteiger charge is -2.32. The molecule has 0 spiro atoms. The molecule has 0 aliphatic carbocycles. The molecule has 7 heteroatoms. The van der Waals surface area contributed by atoms with Crippen molar-refractivity contribution in [2.24, 2.45) is 5.92 Å². The number of nitrogens with one attached hydrogen (secondary N) is 1. The van der Waals surface area contributed by atoms with Crippen molar-refractivity contribution in [2.45, 2.75) is 26.3 Å². The highest BCUT2D eigenvalue weighted by atomic mass is 32.1. The van der Waals surface area contributed by atoms with Crippen LogP contribution in [0.25, 0.3) is 0 Å². The molecule has 6 nitrogen and oxygen atoms in total. The molecule has 0 radical (unpaired) electrons. The maximum absolute atomic E-state index is 12.5. The second-order valence-electron chi connectivity index (χ2n) is 5.96. The fraction of sp³-hybridized carbons (Fsp3) is 0.412. The van der Waals surface area contributed by atoms with Crippen molar-refractivity contribution in [1.29, 1.82) is 0 Å². The number of amides is 2. The van der Waals surface area contributed by atoms with Gasteiger partial charge in [0.2, 0.25) is 5.91 Å². The average Bonchev–Trinajstić information content (AvgIpc) is 3.05. The van der Waals surface area contributed by atoms with E-state index in [1.54, 1.807) is 4.90 Å². The molecule has 1 fully saturated rings. The lowest BCUT2D eigenvalue weighted by atomic mass is 9.96. The zero-order valence-corrected chi connectivity index (χ0v) is 14.4. The van der Waals surface area contributed by atoms with Crippen LogP contribution in [0, 0.1) is 12.8 Å². The van der Waals surface area contributed by atoms with E-state index in [4.69, 9.17) is 0 Å². The molecule has 1 aliphatic heterocycles. The van der Waals surface area contributed by atoms with Crippen LogP contribution >= 0.6 is 11.5 Å². The maximum Gasteiger partial charge on any atom is 0.253 e. The molecule has 1 aromatic carbocycles. The van der Waals surface area contributed by atoms with E-state index >= 15 is 0 Å². The van der Waals surface area contributed by atoms with Crippen molar-refractivity contribution >= 4 is 23.3 Å². The number of likely N-dealkylation sites (tertiary alicyclic amines) is 1. The van der Waals surface area contributed by atoms with E-state index < -0.39 is 0 Å². The summed E-state index contributed by atoms with van der Waals surface area (Å²) in [5, 5.41) is 6.89. The van der Waals surface area contributed by atoms with Gasteiger partial charge in [0.1, 0.15) is 0 Å². The smallest absolute Gasteiger partial charge is 0.253 e. The third kappa shape index (κ3) is 3.79. The van der Waals surface area contributed by atoms with Crippen LogP contribution in [0.1, 0.15) is 33.8 Å². The van der Waals surface area contributed by atoms with Crippen molar-refractivity contribution in [3.63, 3.8) is 0 Å². The SMILES string of the molecule is Cc1nnsc1CNC(=O)C1CCCN(C(=O)c2ccccc2)C1. The maximum atomic E-state index is 12.5. The molecule has 1 aliphatic rings. The molecule has 2 aromatic rings. The Hall–Kier alpha value is -2.28. The molecular weight excluding hydrogens is 324 g/mol. The molecule has 1 saturated heterocycles. The van der Waals surface area contributed by atoms with Crippen molar-refractivity contribution in [1.82, 2.24) is 19.8 Å². The van der Waals surface area contributed by atoms with Gasteiger partial charge in [-0.3, -0.25) is 9.59 Å². The molecule has 2 heterocycles. The van der Waals surface area contributed by atoms with E-state index in [-0.39, 0.29) is 17.7 Å². The molecule has 126 valence electrons. The van der Waals surface area contributed by atoms with E-state index in [9.17, 15) is 9.59 Å². The first-order valence-electron chi connectivity index (χ1n) is 8.05. The second-order valence-corrected chi connectivity index (χ2v) is 6.79. The monoisotopic (exact) mass is 344 g/mol. The molecule has 1 aromatic heterocycles. The average molecular weight is 344 g/mol. The van der Waals surface area contributed by atoms with Gasteiger partial charge >= 0.3 is 0 Å². The van der Waals surface area contributed by atoms with Crippen molar-refractivity contribution in [2.75, 3.05) is 13.1 Å². The Kier molecular flexibility index (Phi) is 5.20. The van der Waals surface area contributed by atoms with E-state index in [1.165, 1.54) is 11.5 Å². The van der Waals surface area contributed by atoms with Gasteiger partial charge in [0.15, 0.2) is 0 Å². The topological polar surface area (TPSA) is 75.2 Å². The zero-order valence-electron chi connectivity index (χ0n) is 13.6. The number of piperidine rings is 1. The first-order valence-corrected chi connectivity index (χ1v) is 8.82. The van der Waals surface area contributed by atoms with E-state index in [0.29, 0.717) is 25.2 Å². The third-order valence-electron chi connectivity index (χ3n) is 4.27. The van der Waals surface area contributed by atoms with E-state index in [1.807, 2.05) is 37.3 Å². The van der Waals surface area contributed by atoms with Crippen LogP contribution in [0.2, 0.25) is 0 Å².